The van der Waals surface area contributed by atoms with Crippen molar-refractivity contribution in [3.8, 4) is 0 Å². The van der Waals surface area contributed by atoms with Crippen molar-refractivity contribution >= 4 is 0 Å². The van der Waals surface area contributed by atoms with Crippen LogP contribution in [0, 0.1) is 34.5 Å². The molecule has 0 aromatic carbocycles. The van der Waals surface area contributed by atoms with Crippen molar-refractivity contribution in [2.75, 3.05) is 13.2 Å². The van der Waals surface area contributed by atoms with Crippen LogP contribution >= 0.6 is 0 Å². The highest BCUT2D eigenvalue weighted by Crippen LogP contribution is 2.62. The van der Waals surface area contributed by atoms with E-state index >= 15 is 0 Å². The molecule has 0 heterocycles. The van der Waals surface area contributed by atoms with Crippen molar-refractivity contribution in [2.45, 2.75) is 92.9 Å². The van der Waals surface area contributed by atoms with E-state index in [1.165, 1.54) is 38.5 Å². The number of aliphatic hydroxyl groups excluding tert-OH is 2. The minimum Gasteiger partial charge on any atom is -0.392 e. The van der Waals surface area contributed by atoms with Gasteiger partial charge in [0.2, 0.25) is 0 Å². The Balaban J connectivity index is 0.000000181. The van der Waals surface area contributed by atoms with Crippen LogP contribution in [0.15, 0.2) is 46.6 Å². The first-order valence-electron chi connectivity index (χ1n) is 13.0. The summed E-state index contributed by atoms with van der Waals surface area (Å²) in [5, 5.41) is 17.9. The minimum absolute atomic E-state index is 0.211. The Morgan fingerprint density at radius 3 is 1.47 bits per heavy atom. The van der Waals surface area contributed by atoms with Gasteiger partial charge in [0, 0.05) is 0 Å². The van der Waals surface area contributed by atoms with Crippen LogP contribution in [0.5, 0.6) is 0 Å². The third-order valence-electron chi connectivity index (χ3n) is 9.90. The van der Waals surface area contributed by atoms with Crippen LogP contribution in [-0.2, 0) is 0 Å². The lowest BCUT2D eigenvalue weighted by molar-refractivity contribution is -0.0312. The van der Waals surface area contributed by atoms with Crippen LogP contribution in [0.3, 0.4) is 0 Å². The van der Waals surface area contributed by atoms with E-state index in [2.05, 4.69) is 52.0 Å². The molecule has 0 radical (unpaired) electrons. The van der Waals surface area contributed by atoms with E-state index in [4.69, 9.17) is 10.2 Å². The van der Waals surface area contributed by atoms with Crippen LogP contribution in [0.2, 0.25) is 0 Å². The van der Waals surface area contributed by atoms with Gasteiger partial charge in [-0.25, -0.2) is 0 Å². The van der Waals surface area contributed by atoms with E-state index in [-0.39, 0.29) is 13.2 Å². The molecule has 2 N–H and O–H groups in total. The third kappa shape index (κ3) is 5.02. The summed E-state index contributed by atoms with van der Waals surface area (Å²) in [6.07, 6.45) is 19.5. The van der Waals surface area contributed by atoms with Crippen molar-refractivity contribution in [3.05, 3.63) is 46.6 Å². The topological polar surface area (TPSA) is 40.5 Å². The predicted octanol–water partition coefficient (Wildman–Crippen LogP) is 7.40. The smallest absolute Gasteiger partial charge is 0.0639 e. The van der Waals surface area contributed by atoms with Crippen LogP contribution < -0.4 is 0 Å². The van der Waals surface area contributed by atoms with Gasteiger partial charge in [-0.1, -0.05) is 60.4 Å². The lowest BCUT2D eigenvalue weighted by atomic mass is 9.47. The van der Waals surface area contributed by atoms with Crippen LogP contribution in [-0.4, -0.2) is 23.4 Å². The second-order valence-corrected chi connectivity index (χ2v) is 11.8. The van der Waals surface area contributed by atoms with E-state index in [9.17, 15) is 0 Å². The molecule has 0 spiro atoms. The number of hydrogen-bond donors (Lipinski definition) is 2. The molecule has 6 unspecified atom stereocenters. The fourth-order valence-corrected chi connectivity index (χ4v) is 7.12. The summed E-state index contributed by atoms with van der Waals surface area (Å²) in [7, 11) is 0. The molecule has 180 valence electrons. The number of fused-ring (bicyclic) bond motifs is 2. The van der Waals surface area contributed by atoms with Gasteiger partial charge in [-0.15, -0.1) is 0 Å². The van der Waals surface area contributed by atoms with Gasteiger partial charge in [0.15, 0.2) is 0 Å². The molecule has 0 aromatic heterocycles. The number of rotatable bonds is 8. The average molecular weight is 441 g/mol. The van der Waals surface area contributed by atoms with Gasteiger partial charge in [-0.2, -0.15) is 0 Å². The maximum Gasteiger partial charge on any atom is 0.0639 e. The Kier molecular flexibility index (Phi) is 8.31. The summed E-state index contributed by atoms with van der Waals surface area (Å²) >= 11 is 0. The summed E-state index contributed by atoms with van der Waals surface area (Å²) in [6, 6.07) is 0. The zero-order valence-corrected chi connectivity index (χ0v) is 21.6. The van der Waals surface area contributed by atoms with Crippen molar-refractivity contribution in [3.63, 3.8) is 0 Å². The van der Waals surface area contributed by atoms with E-state index in [1.54, 1.807) is 11.1 Å². The molecular weight excluding hydrogens is 392 g/mol. The molecule has 2 fully saturated rings. The fourth-order valence-electron chi connectivity index (χ4n) is 7.12. The molecule has 0 aromatic rings. The minimum atomic E-state index is 0.211. The Morgan fingerprint density at radius 1 is 0.812 bits per heavy atom. The summed E-state index contributed by atoms with van der Waals surface area (Å²) in [6.45, 7) is 14.0. The Labute approximate surface area is 197 Å². The summed E-state index contributed by atoms with van der Waals surface area (Å²) < 4.78 is 0. The normalized spacial score (nSPS) is 38.0. The lowest BCUT2D eigenvalue weighted by Crippen LogP contribution is -2.49. The van der Waals surface area contributed by atoms with Gasteiger partial charge < -0.3 is 10.2 Å². The second-order valence-electron chi connectivity index (χ2n) is 11.8. The first kappa shape index (κ1) is 25.5. The van der Waals surface area contributed by atoms with Crippen LogP contribution in [0.1, 0.15) is 92.9 Å². The fraction of sp³-hybridized carbons (Fsp3) is 0.733. The Bertz CT molecular complexity index is 719. The zero-order valence-electron chi connectivity index (χ0n) is 21.6. The molecular formula is C30H48O2. The highest BCUT2D eigenvalue weighted by Gasteiger charge is 2.53. The maximum atomic E-state index is 8.96. The van der Waals surface area contributed by atoms with Crippen molar-refractivity contribution in [1.82, 2.24) is 0 Å². The lowest BCUT2D eigenvalue weighted by Gasteiger charge is -2.58. The van der Waals surface area contributed by atoms with Crippen LogP contribution in [0.25, 0.3) is 0 Å². The molecule has 6 rings (SSSR count). The Hall–Kier alpha value is -1.12. The number of allylic oxidation sites excluding steroid dienone is 6. The number of aliphatic hydroxyl groups is 2. The maximum absolute atomic E-state index is 8.96. The molecule has 2 nitrogen and oxygen atoms in total. The molecule has 0 saturated heterocycles. The van der Waals surface area contributed by atoms with E-state index in [1.807, 2.05) is 13.8 Å². The predicted molar refractivity (Wildman–Crippen MR) is 136 cm³/mol. The molecule has 6 aliphatic rings. The summed E-state index contributed by atoms with van der Waals surface area (Å²) in [5.74, 6) is 3.52. The van der Waals surface area contributed by atoms with E-state index in [0.29, 0.717) is 10.8 Å². The molecule has 0 amide bonds. The van der Waals surface area contributed by atoms with Gasteiger partial charge >= 0.3 is 0 Å². The Morgan fingerprint density at radius 2 is 1.19 bits per heavy atom. The first-order chi connectivity index (χ1) is 15.2. The van der Waals surface area contributed by atoms with E-state index in [0.717, 1.165) is 47.7 Å². The summed E-state index contributed by atoms with van der Waals surface area (Å²) in [4.78, 5) is 0. The van der Waals surface area contributed by atoms with Crippen molar-refractivity contribution in [2.24, 2.45) is 34.5 Å². The van der Waals surface area contributed by atoms with E-state index < -0.39 is 0 Å². The monoisotopic (exact) mass is 440 g/mol. The molecule has 4 bridgehead atoms. The van der Waals surface area contributed by atoms with Gasteiger partial charge in [-0.3, -0.25) is 0 Å². The zero-order chi connectivity index (χ0) is 23.5. The quantitative estimate of drug-likeness (QED) is 0.386. The largest absolute Gasteiger partial charge is 0.392 e. The van der Waals surface area contributed by atoms with Crippen molar-refractivity contribution in [1.29, 1.82) is 0 Å². The molecule has 2 heteroatoms. The molecule has 32 heavy (non-hydrogen) atoms. The second kappa shape index (κ2) is 10.4. The first-order valence-corrected chi connectivity index (χ1v) is 13.0. The standard InChI is InChI=1S/2C15H24O/c2*1-11(10-16)5-4-8-15(3)13-7-6-12(2)14(15)9-13/h2*5-6,13-14,16H,4,7-10H2,1-3H3/b11-5+;11-5-. The molecule has 6 atom stereocenters. The third-order valence-corrected chi connectivity index (χ3v) is 9.90. The number of hydrogen-bond acceptors (Lipinski definition) is 2. The molecule has 2 saturated carbocycles. The van der Waals surface area contributed by atoms with Crippen molar-refractivity contribution < 1.29 is 10.2 Å². The molecule has 6 aliphatic carbocycles. The van der Waals surface area contributed by atoms with Gasteiger partial charge in [0.25, 0.3) is 0 Å². The highest BCUT2D eigenvalue weighted by atomic mass is 16.3. The highest BCUT2D eigenvalue weighted by molar-refractivity contribution is 5.23. The summed E-state index contributed by atoms with van der Waals surface area (Å²) in [5.41, 5.74) is 6.55. The van der Waals surface area contributed by atoms with Gasteiger partial charge in [-0.05, 0) is 114 Å². The SMILES string of the molecule is CC1=CCC2CC1C2(C)CC/C=C(/C)CO.CC1=CCC2CC1C2(C)CC/C=C(\C)CO. The van der Waals surface area contributed by atoms with Gasteiger partial charge in [0.1, 0.15) is 0 Å². The molecule has 0 aliphatic heterocycles. The van der Waals surface area contributed by atoms with Crippen LogP contribution in [0.4, 0.5) is 0 Å². The van der Waals surface area contributed by atoms with Gasteiger partial charge in [0.05, 0.1) is 13.2 Å². The average Bonchev–Trinajstić information content (AvgIpc) is 2.78.